The molecule has 0 amide bonds. The van der Waals surface area contributed by atoms with E-state index < -0.39 is 5.97 Å². The van der Waals surface area contributed by atoms with Crippen LogP contribution in [0, 0.1) is 20.8 Å². The van der Waals surface area contributed by atoms with Crippen molar-refractivity contribution >= 4 is 11.7 Å². The number of carbonyl (C=O) groups is 1. The molecule has 4 nitrogen and oxygen atoms in total. The molecule has 4 heteroatoms. The average molecular weight is 285 g/mol. The van der Waals surface area contributed by atoms with Crippen molar-refractivity contribution < 1.29 is 14.6 Å². The quantitative estimate of drug-likeness (QED) is 0.844. The number of benzene rings is 2. The van der Waals surface area contributed by atoms with E-state index in [1.165, 1.54) is 17.7 Å². The molecule has 0 atom stereocenters. The van der Waals surface area contributed by atoms with Gasteiger partial charge in [0.15, 0.2) is 0 Å². The second kappa shape index (κ2) is 5.87. The predicted molar refractivity (Wildman–Crippen MR) is 82.8 cm³/mol. The Labute approximate surface area is 124 Å². The van der Waals surface area contributed by atoms with Crippen LogP contribution in [-0.2, 0) is 6.61 Å². The van der Waals surface area contributed by atoms with E-state index in [9.17, 15) is 4.79 Å². The molecular formula is C17H19NO3. The minimum Gasteiger partial charge on any atom is -0.487 e. The van der Waals surface area contributed by atoms with Gasteiger partial charge in [0.1, 0.15) is 12.4 Å². The highest BCUT2D eigenvalue weighted by atomic mass is 16.5. The minimum absolute atomic E-state index is 0.163. The Kier molecular flexibility index (Phi) is 4.17. The summed E-state index contributed by atoms with van der Waals surface area (Å²) in [4.78, 5) is 11.0. The molecular weight excluding hydrogens is 266 g/mol. The molecule has 0 unspecified atom stereocenters. The third-order valence-corrected chi connectivity index (χ3v) is 3.47. The summed E-state index contributed by atoms with van der Waals surface area (Å²) in [5.41, 5.74) is 11.0. The summed E-state index contributed by atoms with van der Waals surface area (Å²) in [6, 6.07) is 8.67. The Hall–Kier alpha value is -2.49. The summed E-state index contributed by atoms with van der Waals surface area (Å²) < 4.78 is 5.73. The van der Waals surface area contributed by atoms with E-state index in [2.05, 4.69) is 19.1 Å². The van der Waals surface area contributed by atoms with Gasteiger partial charge in [-0.25, -0.2) is 4.79 Å². The molecule has 2 rings (SSSR count). The molecule has 3 N–H and O–H groups in total. The van der Waals surface area contributed by atoms with E-state index in [1.807, 2.05) is 13.8 Å². The fraction of sp³-hybridized carbons (Fsp3) is 0.235. The van der Waals surface area contributed by atoms with Gasteiger partial charge in [0.2, 0.25) is 0 Å². The Morgan fingerprint density at radius 1 is 1.14 bits per heavy atom. The SMILES string of the molecule is Cc1cc(C)c(COc2cc(C(=O)O)ccc2N)c(C)c1. The van der Waals surface area contributed by atoms with E-state index in [4.69, 9.17) is 15.6 Å². The van der Waals surface area contributed by atoms with Gasteiger partial charge >= 0.3 is 5.97 Å². The van der Waals surface area contributed by atoms with E-state index >= 15 is 0 Å². The standard InChI is InChI=1S/C17H19NO3/c1-10-6-11(2)14(12(3)7-10)9-21-16-8-13(17(19)20)4-5-15(16)18/h4-8H,9,18H2,1-3H3,(H,19,20). The molecule has 0 aliphatic rings. The van der Waals surface area contributed by atoms with Gasteiger partial charge in [0.25, 0.3) is 0 Å². The smallest absolute Gasteiger partial charge is 0.335 e. The van der Waals surface area contributed by atoms with Crippen LogP contribution in [-0.4, -0.2) is 11.1 Å². The van der Waals surface area contributed by atoms with Crippen LogP contribution >= 0.6 is 0 Å². The number of carboxylic acids is 1. The fourth-order valence-corrected chi connectivity index (χ4v) is 2.38. The lowest BCUT2D eigenvalue weighted by atomic mass is 10.0. The second-order valence-corrected chi connectivity index (χ2v) is 5.22. The van der Waals surface area contributed by atoms with Crippen molar-refractivity contribution in [1.82, 2.24) is 0 Å². The number of anilines is 1. The zero-order valence-corrected chi connectivity index (χ0v) is 12.4. The highest BCUT2D eigenvalue weighted by molar-refractivity contribution is 5.89. The molecule has 0 aliphatic heterocycles. The molecule has 2 aromatic carbocycles. The Morgan fingerprint density at radius 2 is 1.76 bits per heavy atom. The number of aromatic carboxylic acids is 1. The summed E-state index contributed by atoms with van der Waals surface area (Å²) in [5.74, 6) is -0.600. The van der Waals surface area contributed by atoms with Crippen molar-refractivity contribution in [2.75, 3.05) is 5.73 Å². The third-order valence-electron chi connectivity index (χ3n) is 3.47. The average Bonchev–Trinajstić information content (AvgIpc) is 2.39. The number of nitrogens with two attached hydrogens (primary N) is 1. The van der Waals surface area contributed by atoms with Crippen LogP contribution in [0.15, 0.2) is 30.3 Å². The van der Waals surface area contributed by atoms with E-state index in [-0.39, 0.29) is 5.56 Å². The van der Waals surface area contributed by atoms with Crippen molar-refractivity contribution in [3.05, 3.63) is 58.1 Å². The first kappa shape index (κ1) is 14.9. The highest BCUT2D eigenvalue weighted by Crippen LogP contribution is 2.25. The first-order chi connectivity index (χ1) is 9.88. The van der Waals surface area contributed by atoms with Gasteiger partial charge < -0.3 is 15.6 Å². The van der Waals surface area contributed by atoms with Crippen LogP contribution in [0.25, 0.3) is 0 Å². The largest absolute Gasteiger partial charge is 0.487 e. The monoisotopic (exact) mass is 285 g/mol. The maximum atomic E-state index is 11.0. The van der Waals surface area contributed by atoms with E-state index in [0.29, 0.717) is 18.0 Å². The summed E-state index contributed by atoms with van der Waals surface area (Å²) >= 11 is 0. The predicted octanol–water partition coefficient (Wildman–Crippen LogP) is 3.47. The van der Waals surface area contributed by atoms with Gasteiger partial charge in [0, 0.05) is 0 Å². The summed E-state index contributed by atoms with van der Waals surface area (Å²) in [7, 11) is 0. The lowest BCUT2D eigenvalue weighted by molar-refractivity contribution is 0.0696. The summed E-state index contributed by atoms with van der Waals surface area (Å²) in [6.07, 6.45) is 0. The van der Waals surface area contributed by atoms with Gasteiger partial charge in [-0.15, -0.1) is 0 Å². The van der Waals surface area contributed by atoms with Gasteiger partial charge in [-0.1, -0.05) is 17.7 Å². The van der Waals surface area contributed by atoms with E-state index in [1.54, 1.807) is 6.07 Å². The van der Waals surface area contributed by atoms with Crippen molar-refractivity contribution in [1.29, 1.82) is 0 Å². The number of hydrogen-bond donors (Lipinski definition) is 2. The molecule has 0 bridgehead atoms. The normalized spacial score (nSPS) is 10.4. The minimum atomic E-state index is -0.998. The Bertz CT molecular complexity index is 669. The number of nitrogen functional groups attached to an aromatic ring is 1. The number of ether oxygens (including phenoxy) is 1. The second-order valence-electron chi connectivity index (χ2n) is 5.22. The van der Waals surface area contributed by atoms with Crippen LogP contribution in [0.4, 0.5) is 5.69 Å². The molecule has 110 valence electrons. The molecule has 0 fully saturated rings. The van der Waals surface area contributed by atoms with Crippen LogP contribution in [0.1, 0.15) is 32.6 Å². The van der Waals surface area contributed by atoms with Gasteiger partial charge in [0.05, 0.1) is 11.3 Å². The molecule has 0 aliphatic carbocycles. The third kappa shape index (κ3) is 3.34. The number of carboxylic acid groups (broad SMARTS) is 1. The zero-order valence-electron chi connectivity index (χ0n) is 12.4. The van der Waals surface area contributed by atoms with E-state index in [0.717, 1.165) is 16.7 Å². The molecule has 0 saturated carbocycles. The van der Waals surface area contributed by atoms with Crippen LogP contribution in [0.5, 0.6) is 5.75 Å². The van der Waals surface area contributed by atoms with Crippen LogP contribution < -0.4 is 10.5 Å². The first-order valence-electron chi connectivity index (χ1n) is 6.71. The summed E-state index contributed by atoms with van der Waals surface area (Å²) in [5, 5.41) is 9.01. The maximum Gasteiger partial charge on any atom is 0.335 e. The summed E-state index contributed by atoms with van der Waals surface area (Å²) in [6.45, 7) is 6.50. The molecule has 2 aromatic rings. The fourth-order valence-electron chi connectivity index (χ4n) is 2.38. The molecule has 0 heterocycles. The van der Waals surface area contributed by atoms with Crippen LogP contribution in [0.2, 0.25) is 0 Å². The highest BCUT2D eigenvalue weighted by Gasteiger charge is 2.10. The van der Waals surface area contributed by atoms with Crippen molar-refractivity contribution in [3.63, 3.8) is 0 Å². The molecule has 21 heavy (non-hydrogen) atoms. The molecule has 0 spiro atoms. The van der Waals surface area contributed by atoms with Gasteiger partial charge in [-0.3, -0.25) is 0 Å². The molecule has 0 saturated heterocycles. The topological polar surface area (TPSA) is 72.5 Å². The Morgan fingerprint density at radius 3 is 2.33 bits per heavy atom. The lowest BCUT2D eigenvalue weighted by Crippen LogP contribution is -2.05. The first-order valence-corrected chi connectivity index (χ1v) is 6.71. The zero-order chi connectivity index (χ0) is 15.6. The van der Waals surface area contributed by atoms with Gasteiger partial charge in [-0.2, -0.15) is 0 Å². The number of rotatable bonds is 4. The molecule has 0 aromatic heterocycles. The van der Waals surface area contributed by atoms with Crippen molar-refractivity contribution in [2.24, 2.45) is 0 Å². The maximum absolute atomic E-state index is 11.0. The lowest BCUT2D eigenvalue weighted by Gasteiger charge is -2.14. The number of hydrogen-bond acceptors (Lipinski definition) is 3. The van der Waals surface area contributed by atoms with Crippen LogP contribution in [0.3, 0.4) is 0 Å². The number of aryl methyl sites for hydroxylation is 3. The van der Waals surface area contributed by atoms with Gasteiger partial charge in [-0.05, 0) is 55.7 Å². The van der Waals surface area contributed by atoms with Crippen molar-refractivity contribution in [2.45, 2.75) is 27.4 Å². The molecule has 0 radical (unpaired) electrons. The van der Waals surface area contributed by atoms with Crippen molar-refractivity contribution in [3.8, 4) is 5.75 Å². The Balaban J connectivity index is 2.24.